The fraction of sp³-hybridized carbons (Fsp3) is 0.250. The van der Waals surface area contributed by atoms with Crippen molar-refractivity contribution in [1.82, 2.24) is 5.32 Å². The highest BCUT2D eigenvalue weighted by Crippen LogP contribution is 2.35. The third-order valence-electron chi connectivity index (χ3n) is 4.80. The van der Waals surface area contributed by atoms with Gasteiger partial charge in [-0.15, -0.1) is 0 Å². The van der Waals surface area contributed by atoms with Gasteiger partial charge >= 0.3 is 0 Å². The summed E-state index contributed by atoms with van der Waals surface area (Å²) in [6, 6.07) is 17.6. The van der Waals surface area contributed by atoms with E-state index in [1.54, 1.807) is 0 Å². The van der Waals surface area contributed by atoms with E-state index < -0.39 is 0 Å². The van der Waals surface area contributed by atoms with E-state index in [-0.39, 0.29) is 6.79 Å². The van der Waals surface area contributed by atoms with Crippen LogP contribution in [-0.2, 0) is 19.7 Å². The molecule has 162 valence electrons. The molecule has 0 aromatic heterocycles. The number of ether oxygens (including phenoxy) is 4. The van der Waals surface area contributed by atoms with Crippen LogP contribution < -0.4 is 24.3 Å². The Morgan fingerprint density at radius 1 is 0.903 bits per heavy atom. The molecule has 3 aromatic rings. The van der Waals surface area contributed by atoms with Crippen LogP contribution in [-0.4, -0.2) is 13.4 Å². The molecule has 0 unspecified atom stereocenters. The lowest BCUT2D eigenvalue weighted by atomic mass is 10.1. The first kappa shape index (κ1) is 21.8. The van der Waals surface area contributed by atoms with Gasteiger partial charge < -0.3 is 24.3 Å². The summed E-state index contributed by atoms with van der Waals surface area (Å²) >= 11 is 9.62. The molecule has 0 saturated carbocycles. The zero-order valence-electron chi connectivity index (χ0n) is 17.1. The summed E-state index contributed by atoms with van der Waals surface area (Å²) in [6.07, 6.45) is 0. The maximum atomic E-state index is 6.02. The summed E-state index contributed by atoms with van der Waals surface area (Å²) < 4.78 is 23.6. The minimum atomic E-state index is 0.284. The molecule has 0 aliphatic carbocycles. The number of fused-ring (bicyclic) bond motifs is 1. The third-order valence-corrected chi connectivity index (χ3v) is 5.79. The van der Waals surface area contributed by atoms with Crippen molar-refractivity contribution in [3.8, 4) is 23.0 Å². The molecule has 4 rings (SSSR count). The first-order valence-electron chi connectivity index (χ1n) is 10.0. The molecule has 1 N–H and O–H groups in total. The van der Waals surface area contributed by atoms with Crippen LogP contribution in [0, 0.1) is 0 Å². The average molecular weight is 505 g/mol. The van der Waals surface area contributed by atoms with Gasteiger partial charge in [0.05, 0.1) is 6.61 Å². The van der Waals surface area contributed by atoms with E-state index in [0.717, 1.165) is 38.4 Å². The van der Waals surface area contributed by atoms with Crippen molar-refractivity contribution in [1.29, 1.82) is 0 Å². The average Bonchev–Trinajstić information content (AvgIpc) is 3.24. The number of hydrogen-bond donors (Lipinski definition) is 1. The van der Waals surface area contributed by atoms with E-state index in [9.17, 15) is 0 Å². The maximum absolute atomic E-state index is 6.02. The van der Waals surface area contributed by atoms with E-state index in [2.05, 4.69) is 21.2 Å². The van der Waals surface area contributed by atoms with Crippen LogP contribution in [0.5, 0.6) is 23.0 Å². The number of benzene rings is 3. The molecule has 1 aliphatic rings. The van der Waals surface area contributed by atoms with E-state index >= 15 is 0 Å². The van der Waals surface area contributed by atoms with Crippen molar-refractivity contribution in [2.45, 2.75) is 26.6 Å². The van der Waals surface area contributed by atoms with Crippen molar-refractivity contribution < 1.29 is 18.9 Å². The zero-order chi connectivity index (χ0) is 21.6. The van der Waals surface area contributed by atoms with Gasteiger partial charge in [0.25, 0.3) is 0 Å². The molecule has 0 saturated heterocycles. The van der Waals surface area contributed by atoms with Crippen LogP contribution >= 0.6 is 27.5 Å². The first-order chi connectivity index (χ1) is 15.1. The third kappa shape index (κ3) is 5.64. The van der Waals surface area contributed by atoms with Gasteiger partial charge in [-0.3, -0.25) is 0 Å². The standard InChI is InChI=1S/C24H23BrClNO4/c1-2-28-23-10-18(13-27-12-17-5-8-21-22(9-17)31-15-30-21)20(25)11-24(23)29-14-16-3-6-19(26)7-4-16/h3-11,27H,2,12-15H2,1H3. The Labute approximate surface area is 195 Å². The van der Waals surface area contributed by atoms with Gasteiger partial charge in [0, 0.05) is 22.6 Å². The summed E-state index contributed by atoms with van der Waals surface area (Å²) in [6.45, 7) is 4.62. The molecule has 0 radical (unpaired) electrons. The van der Waals surface area contributed by atoms with Crippen LogP contribution in [0.15, 0.2) is 59.1 Å². The van der Waals surface area contributed by atoms with Crippen LogP contribution in [0.1, 0.15) is 23.6 Å². The van der Waals surface area contributed by atoms with Crippen molar-refractivity contribution in [3.63, 3.8) is 0 Å². The molecule has 3 aromatic carbocycles. The lowest BCUT2D eigenvalue weighted by Crippen LogP contribution is -2.13. The molecule has 31 heavy (non-hydrogen) atoms. The molecule has 5 nitrogen and oxygen atoms in total. The second kappa shape index (κ2) is 10.3. The normalized spacial score (nSPS) is 12.1. The van der Waals surface area contributed by atoms with Crippen LogP contribution in [0.3, 0.4) is 0 Å². The monoisotopic (exact) mass is 503 g/mol. The number of rotatable bonds is 9. The summed E-state index contributed by atoms with van der Waals surface area (Å²) in [4.78, 5) is 0. The Bertz CT molecular complexity index is 1040. The highest BCUT2D eigenvalue weighted by atomic mass is 79.9. The van der Waals surface area contributed by atoms with Gasteiger partial charge in [-0.2, -0.15) is 0 Å². The number of nitrogens with one attached hydrogen (secondary N) is 1. The van der Waals surface area contributed by atoms with Gasteiger partial charge in [0.2, 0.25) is 6.79 Å². The SMILES string of the molecule is CCOc1cc(CNCc2ccc3c(c2)OCO3)c(Br)cc1OCc1ccc(Cl)cc1. The van der Waals surface area contributed by atoms with E-state index in [1.807, 2.05) is 61.5 Å². The van der Waals surface area contributed by atoms with E-state index in [4.69, 9.17) is 30.5 Å². The molecule has 7 heteroatoms. The lowest BCUT2D eigenvalue weighted by molar-refractivity contribution is 0.174. The molecular formula is C24H23BrClNO4. The van der Waals surface area contributed by atoms with Gasteiger partial charge in [-0.1, -0.05) is 45.7 Å². The number of hydrogen-bond acceptors (Lipinski definition) is 5. The Kier molecular flexibility index (Phi) is 7.22. The largest absolute Gasteiger partial charge is 0.490 e. The quantitative estimate of drug-likeness (QED) is 0.382. The smallest absolute Gasteiger partial charge is 0.231 e. The molecule has 0 atom stereocenters. The highest BCUT2D eigenvalue weighted by molar-refractivity contribution is 9.10. The predicted molar refractivity (Wildman–Crippen MR) is 124 cm³/mol. The fourth-order valence-corrected chi connectivity index (χ4v) is 3.82. The van der Waals surface area contributed by atoms with Gasteiger partial charge in [0.15, 0.2) is 23.0 Å². The predicted octanol–water partition coefficient (Wildman–Crippen LogP) is 6.10. The second-order valence-corrected chi connectivity index (χ2v) is 8.32. The Morgan fingerprint density at radius 3 is 2.45 bits per heavy atom. The minimum absolute atomic E-state index is 0.284. The summed E-state index contributed by atoms with van der Waals surface area (Å²) in [5.74, 6) is 3.01. The first-order valence-corrected chi connectivity index (χ1v) is 11.2. The Morgan fingerprint density at radius 2 is 1.65 bits per heavy atom. The molecule has 0 amide bonds. The summed E-state index contributed by atoms with van der Waals surface area (Å²) in [5.41, 5.74) is 3.26. The summed E-state index contributed by atoms with van der Waals surface area (Å²) in [7, 11) is 0. The molecule has 1 aliphatic heterocycles. The van der Waals surface area contributed by atoms with Crippen molar-refractivity contribution in [3.05, 3.63) is 80.8 Å². The van der Waals surface area contributed by atoms with Crippen LogP contribution in [0.4, 0.5) is 0 Å². The maximum Gasteiger partial charge on any atom is 0.231 e. The van der Waals surface area contributed by atoms with E-state index in [1.165, 1.54) is 0 Å². The molecule has 0 fully saturated rings. The summed E-state index contributed by atoms with van der Waals surface area (Å²) in [5, 5.41) is 4.17. The zero-order valence-corrected chi connectivity index (χ0v) is 19.5. The van der Waals surface area contributed by atoms with Gasteiger partial charge in [-0.05, 0) is 60.0 Å². The second-order valence-electron chi connectivity index (χ2n) is 7.03. The van der Waals surface area contributed by atoms with Crippen LogP contribution in [0.25, 0.3) is 0 Å². The molecule has 0 bridgehead atoms. The van der Waals surface area contributed by atoms with Crippen molar-refractivity contribution >= 4 is 27.5 Å². The van der Waals surface area contributed by atoms with Gasteiger partial charge in [-0.25, -0.2) is 0 Å². The van der Waals surface area contributed by atoms with Crippen molar-refractivity contribution in [2.75, 3.05) is 13.4 Å². The number of halogens is 2. The Hall–Kier alpha value is -2.41. The molecule has 0 spiro atoms. The van der Waals surface area contributed by atoms with E-state index in [0.29, 0.717) is 37.1 Å². The Balaban J connectivity index is 1.40. The van der Waals surface area contributed by atoms with Gasteiger partial charge in [0.1, 0.15) is 6.61 Å². The molecule has 1 heterocycles. The molecular weight excluding hydrogens is 482 g/mol. The topological polar surface area (TPSA) is 49.0 Å². The van der Waals surface area contributed by atoms with Crippen molar-refractivity contribution in [2.24, 2.45) is 0 Å². The van der Waals surface area contributed by atoms with Crippen LogP contribution in [0.2, 0.25) is 5.02 Å². The highest BCUT2D eigenvalue weighted by Gasteiger charge is 2.14. The lowest BCUT2D eigenvalue weighted by Gasteiger charge is -2.16. The fourth-order valence-electron chi connectivity index (χ4n) is 3.23. The minimum Gasteiger partial charge on any atom is -0.490 e.